The monoisotopic (exact) mass is 818 g/mol. The molecule has 11 nitrogen and oxygen atoms in total. The minimum absolute atomic E-state index is 0.0840. The summed E-state index contributed by atoms with van der Waals surface area (Å²) in [7, 11) is 7.51. The molecule has 12 heteroatoms. The standard InChI is InChI=1S/C44H47BrN6O5/c1-48(2)38(28-13-7-5-8-14-28)43(54)50-25-11-17-34(50)41(52)46-31-21-19-30(20-22-31)40-37(45)33-27-32(23-24-36(33)56-40)47-42(53)35-18-12-26-51(35)44(55)39(49(3)4)29-15-9-6-10-16-29/h5-10,13-16,19-24,27,34-35,38-39H,11-12,17-18,25-26H2,1-4H3,(H,46,52)(H,47,53)/t34-,35-,38+,39+/m0/s1. The lowest BCUT2D eigenvalue weighted by Crippen LogP contribution is -2.47. The zero-order valence-electron chi connectivity index (χ0n) is 32.1. The number of benzene rings is 4. The topological polar surface area (TPSA) is 118 Å². The minimum Gasteiger partial charge on any atom is -0.455 e. The summed E-state index contributed by atoms with van der Waals surface area (Å²) < 4.78 is 6.98. The Morgan fingerprint density at radius 1 is 0.661 bits per heavy atom. The maximum absolute atomic E-state index is 13.8. The van der Waals surface area contributed by atoms with Gasteiger partial charge in [-0.05, 0) is 123 Å². The van der Waals surface area contributed by atoms with E-state index in [9.17, 15) is 19.2 Å². The van der Waals surface area contributed by atoms with Crippen molar-refractivity contribution in [1.29, 1.82) is 0 Å². The third-order valence-electron chi connectivity index (χ3n) is 10.7. The van der Waals surface area contributed by atoms with Gasteiger partial charge in [0.15, 0.2) is 0 Å². The third-order valence-corrected chi connectivity index (χ3v) is 11.5. The number of nitrogens with one attached hydrogen (secondary N) is 2. The lowest BCUT2D eigenvalue weighted by Gasteiger charge is -2.31. The van der Waals surface area contributed by atoms with Crippen LogP contribution in [0.25, 0.3) is 22.3 Å². The normalized spacial score (nSPS) is 18.1. The Hall–Kier alpha value is -5.30. The van der Waals surface area contributed by atoms with Crippen molar-refractivity contribution in [2.24, 2.45) is 0 Å². The fraction of sp³-hybridized carbons (Fsp3) is 0.318. The molecular formula is C44H47BrN6O5. The fourth-order valence-corrected chi connectivity index (χ4v) is 8.62. The lowest BCUT2D eigenvalue weighted by molar-refractivity contribution is -0.141. The molecule has 2 aliphatic heterocycles. The smallest absolute Gasteiger partial charge is 0.247 e. The predicted molar refractivity (Wildman–Crippen MR) is 222 cm³/mol. The Morgan fingerprint density at radius 2 is 1.12 bits per heavy atom. The van der Waals surface area contributed by atoms with Crippen molar-refractivity contribution in [3.8, 4) is 11.3 Å². The number of halogens is 1. The number of hydrogen-bond acceptors (Lipinski definition) is 7. The highest BCUT2D eigenvalue weighted by Gasteiger charge is 2.40. The van der Waals surface area contributed by atoms with E-state index in [0.29, 0.717) is 48.6 Å². The van der Waals surface area contributed by atoms with Gasteiger partial charge in [0.2, 0.25) is 23.6 Å². The summed E-state index contributed by atoms with van der Waals surface area (Å²) in [5.74, 6) is -0.00813. The van der Waals surface area contributed by atoms with Crippen molar-refractivity contribution in [2.45, 2.75) is 49.9 Å². The molecule has 290 valence electrons. The van der Waals surface area contributed by atoms with Gasteiger partial charge in [0.1, 0.15) is 35.5 Å². The minimum atomic E-state index is -0.576. The summed E-state index contributed by atoms with van der Waals surface area (Å²) in [6.45, 7) is 1.06. The Bertz CT molecular complexity index is 2210. The Labute approximate surface area is 335 Å². The van der Waals surface area contributed by atoms with E-state index in [2.05, 4.69) is 26.6 Å². The number of fused-ring (bicyclic) bond motifs is 1. The van der Waals surface area contributed by atoms with E-state index in [0.717, 1.165) is 39.4 Å². The van der Waals surface area contributed by atoms with Crippen LogP contribution in [0.4, 0.5) is 11.4 Å². The van der Waals surface area contributed by atoms with Gasteiger partial charge in [-0.3, -0.25) is 29.0 Å². The van der Waals surface area contributed by atoms with Crippen LogP contribution < -0.4 is 10.6 Å². The average molecular weight is 820 g/mol. The van der Waals surface area contributed by atoms with Gasteiger partial charge in [-0.1, -0.05) is 60.7 Å². The highest BCUT2D eigenvalue weighted by molar-refractivity contribution is 9.10. The molecule has 1 aromatic heterocycles. The van der Waals surface area contributed by atoms with Crippen LogP contribution in [0.3, 0.4) is 0 Å². The third kappa shape index (κ3) is 8.00. The number of nitrogens with zero attached hydrogens (tertiary/aromatic N) is 4. The molecule has 4 atom stereocenters. The number of hydrogen-bond donors (Lipinski definition) is 2. The van der Waals surface area contributed by atoms with E-state index in [1.807, 2.05) is 135 Å². The second-order valence-corrected chi connectivity index (χ2v) is 15.7. The first-order chi connectivity index (χ1) is 27.0. The Kier molecular flexibility index (Phi) is 11.7. The first-order valence-electron chi connectivity index (χ1n) is 19.0. The van der Waals surface area contributed by atoms with E-state index < -0.39 is 24.2 Å². The molecule has 7 rings (SSSR count). The number of carbonyl (C=O) groups is 4. The number of rotatable bonds is 11. The van der Waals surface area contributed by atoms with Crippen LogP contribution in [0.15, 0.2) is 112 Å². The molecular weight excluding hydrogens is 772 g/mol. The summed E-state index contributed by atoms with van der Waals surface area (Å²) in [6, 6.07) is 30.0. The average Bonchev–Trinajstić information content (AvgIpc) is 3.96. The van der Waals surface area contributed by atoms with Crippen molar-refractivity contribution >= 4 is 61.9 Å². The maximum atomic E-state index is 13.8. The zero-order valence-corrected chi connectivity index (χ0v) is 33.7. The largest absolute Gasteiger partial charge is 0.455 e. The van der Waals surface area contributed by atoms with Crippen molar-refractivity contribution in [3.05, 3.63) is 119 Å². The number of amides is 4. The molecule has 4 amide bonds. The molecule has 0 bridgehead atoms. The number of furan rings is 1. The van der Waals surface area contributed by atoms with Gasteiger partial charge in [-0.25, -0.2) is 0 Å². The second-order valence-electron chi connectivity index (χ2n) is 14.9. The van der Waals surface area contributed by atoms with Crippen molar-refractivity contribution in [2.75, 3.05) is 51.9 Å². The molecule has 2 fully saturated rings. The van der Waals surface area contributed by atoms with Gasteiger partial charge in [-0.15, -0.1) is 0 Å². The van der Waals surface area contributed by atoms with Gasteiger partial charge in [-0.2, -0.15) is 0 Å². The van der Waals surface area contributed by atoms with Gasteiger partial charge in [0, 0.05) is 35.4 Å². The van der Waals surface area contributed by atoms with Crippen molar-refractivity contribution in [3.63, 3.8) is 0 Å². The molecule has 4 aromatic carbocycles. The molecule has 2 aliphatic rings. The van der Waals surface area contributed by atoms with Gasteiger partial charge in [0.05, 0.1) is 4.47 Å². The molecule has 0 saturated carbocycles. The SMILES string of the molecule is CN(C)[C@@H](C(=O)N1CCC[C@H]1C(=O)Nc1ccc(-c2oc3ccc(NC(=O)[C@@H]4CCCN4C(=O)[C@@H](c4ccccc4)N(C)C)cc3c2Br)cc1)c1ccccc1. The quantitative estimate of drug-likeness (QED) is 0.143. The zero-order chi connectivity index (χ0) is 39.5. The van der Waals surface area contributed by atoms with E-state index in [4.69, 9.17) is 4.42 Å². The lowest BCUT2D eigenvalue weighted by atomic mass is 10.0. The molecule has 0 spiro atoms. The van der Waals surface area contributed by atoms with Crippen LogP contribution >= 0.6 is 15.9 Å². The summed E-state index contributed by atoms with van der Waals surface area (Å²) >= 11 is 3.72. The molecule has 56 heavy (non-hydrogen) atoms. The molecule has 0 radical (unpaired) electrons. The van der Waals surface area contributed by atoms with Gasteiger partial charge < -0.3 is 24.9 Å². The number of likely N-dealkylation sites (tertiary alicyclic amines) is 2. The highest BCUT2D eigenvalue weighted by Crippen LogP contribution is 2.39. The molecule has 2 N–H and O–H groups in total. The summed E-state index contributed by atoms with van der Waals surface area (Å²) in [5.41, 5.74) is 4.42. The molecule has 5 aromatic rings. The molecule has 2 saturated heterocycles. The summed E-state index contributed by atoms with van der Waals surface area (Å²) in [5, 5.41) is 6.85. The van der Waals surface area contributed by atoms with E-state index >= 15 is 0 Å². The first kappa shape index (κ1) is 39.0. The van der Waals surface area contributed by atoms with Gasteiger partial charge in [0.25, 0.3) is 0 Å². The van der Waals surface area contributed by atoms with E-state index in [1.54, 1.807) is 15.9 Å². The summed E-state index contributed by atoms with van der Waals surface area (Å²) in [4.78, 5) is 62.0. The fourth-order valence-electron chi connectivity index (χ4n) is 8.00. The number of carbonyl (C=O) groups excluding carboxylic acids is 4. The van der Waals surface area contributed by atoms with Crippen molar-refractivity contribution in [1.82, 2.24) is 19.6 Å². The molecule has 0 unspecified atom stereocenters. The second kappa shape index (κ2) is 16.8. The molecule has 0 aliphatic carbocycles. The predicted octanol–water partition coefficient (Wildman–Crippen LogP) is 7.33. The molecule has 3 heterocycles. The van der Waals surface area contributed by atoms with Crippen molar-refractivity contribution < 1.29 is 23.6 Å². The van der Waals surface area contributed by atoms with Crippen LogP contribution in [0, 0.1) is 0 Å². The Morgan fingerprint density at radius 3 is 1.61 bits per heavy atom. The number of likely N-dealkylation sites (N-methyl/N-ethyl adjacent to an activating group) is 2. The van der Waals surface area contributed by atoms with E-state index in [1.165, 1.54) is 0 Å². The van der Waals surface area contributed by atoms with Crippen LogP contribution in [0.5, 0.6) is 0 Å². The van der Waals surface area contributed by atoms with Gasteiger partial charge >= 0.3 is 0 Å². The van der Waals surface area contributed by atoms with Crippen LogP contribution in [0.1, 0.15) is 48.9 Å². The van der Waals surface area contributed by atoms with Crippen LogP contribution in [0.2, 0.25) is 0 Å². The van der Waals surface area contributed by atoms with Crippen LogP contribution in [-0.4, -0.2) is 96.6 Å². The highest BCUT2D eigenvalue weighted by atomic mass is 79.9. The Balaban J connectivity index is 1.01. The number of anilines is 2. The summed E-state index contributed by atoms with van der Waals surface area (Å²) in [6.07, 6.45) is 2.70. The van der Waals surface area contributed by atoms with Crippen LogP contribution in [-0.2, 0) is 19.2 Å². The maximum Gasteiger partial charge on any atom is 0.247 e. The first-order valence-corrected chi connectivity index (χ1v) is 19.8. The van der Waals surface area contributed by atoms with E-state index in [-0.39, 0.29) is 23.6 Å².